The third kappa shape index (κ3) is 1.84. The van der Waals surface area contributed by atoms with E-state index in [1.807, 2.05) is 0 Å². The standard InChI is InChI=1S/C8H12N4O2/c1-4-2-5(4)7(13)10-3-6-11-12-8(9)14-6/h4-5H,2-3H2,1H3,(H2,9,12)(H,10,13)/t4-,5-/m0/s1. The van der Waals surface area contributed by atoms with Gasteiger partial charge in [-0.25, -0.2) is 0 Å². The number of nitrogens with one attached hydrogen (secondary N) is 1. The minimum Gasteiger partial charge on any atom is -0.406 e. The second-order valence-corrected chi connectivity index (χ2v) is 3.57. The first-order chi connectivity index (χ1) is 6.66. The van der Waals surface area contributed by atoms with E-state index in [1.54, 1.807) is 0 Å². The Bertz CT molecular complexity index is 349. The van der Waals surface area contributed by atoms with Crippen molar-refractivity contribution in [2.75, 3.05) is 5.73 Å². The minimum atomic E-state index is 0.0223. The van der Waals surface area contributed by atoms with E-state index in [4.69, 9.17) is 10.2 Å². The molecule has 2 atom stereocenters. The van der Waals surface area contributed by atoms with Crippen LogP contribution in [0.5, 0.6) is 0 Å². The van der Waals surface area contributed by atoms with Crippen LogP contribution in [0.25, 0.3) is 0 Å². The number of nitrogens with zero attached hydrogens (tertiary/aromatic N) is 2. The maximum atomic E-state index is 11.4. The predicted octanol–water partition coefficient (Wildman–Crippen LogP) is -0.0760. The molecule has 1 aromatic rings. The molecule has 76 valence electrons. The summed E-state index contributed by atoms with van der Waals surface area (Å²) in [6, 6.07) is 0.0223. The first-order valence-electron chi connectivity index (χ1n) is 4.52. The molecule has 0 radical (unpaired) electrons. The van der Waals surface area contributed by atoms with Gasteiger partial charge in [-0.2, -0.15) is 0 Å². The molecule has 2 rings (SSSR count). The molecule has 1 amide bonds. The van der Waals surface area contributed by atoms with E-state index in [2.05, 4.69) is 22.4 Å². The summed E-state index contributed by atoms with van der Waals surface area (Å²) in [6.45, 7) is 2.31. The van der Waals surface area contributed by atoms with Crippen molar-refractivity contribution >= 4 is 11.9 Å². The van der Waals surface area contributed by atoms with Gasteiger partial charge in [0.25, 0.3) is 0 Å². The van der Waals surface area contributed by atoms with Crippen LogP contribution in [0.3, 0.4) is 0 Å². The molecule has 1 aliphatic rings. The number of hydrogen-bond acceptors (Lipinski definition) is 5. The molecule has 0 spiro atoms. The summed E-state index contributed by atoms with van der Waals surface area (Å²) < 4.78 is 4.90. The quantitative estimate of drug-likeness (QED) is 0.705. The molecule has 1 aromatic heterocycles. The monoisotopic (exact) mass is 196 g/mol. The van der Waals surface area contributed by atoms with Gasteiger partial charge in [-0.3, -0.25) is 4.79 Å². The number of hydrogen-bond donors (Lipinski definition) is 2. The Kier molecular flexibility index (Phi) is 2.11. The molecule has 6 nitrogen and oxygen atoms in total. The van der Waals surface area contributed by atoms with E-state index >= 15 is 0 Å². The van der Waals surface area contributed by atoms with E-state index in [9.17, 15) is 4.79 Å². The Morgan fingerprint density at radius 3 is 2.93 bits per heavy atom. The average Bonchev–Trinajstić information content (AvgIpc) is 2.72. The number of nitrogen functional groups attached to an aromatic ring is 1. The number of carbonyl (C=O) groups is 1. The molecule has 0 unspecified atom stereocenters. The molecule has 0 saturated heterocycles. The Hall–Kier alpha value is -1.59. The Labute approximate surface area is 80.9 Å². The number of aromatic nitrogens is 2. The average molecular weight is 196 g/mol. The molecular formula is C8H12N4O2. The van der Waals surface area contributed by atoms with Gasteiger partial charge in [0.1, 0.15) is 0 Å². The number of carbonyl (C=O) groups excluding carboxylic acids is 1. The number of amides is 1. The number of anilines is 1. The predicted molar refractivity (Wildman–Crippen MR) is 47.8 cm³/mol. The van der Waals surface area contributed by atoms with E-state index < -0.39 is 0 Å². The zero-order chi connectivity index (χ0) is 10.1. The highest BCUT2D eigenvalue weighted by Crippen LogP contribution is 2.37. The lowest BCUT2D eigenvalue weighted by atomic mass is 10.3. The molecule has 0 aromatic carbocycles. The van der Waals surface area contributed by atoms with E-state index in [-0.39, 0.29) is 24.4 Å². The van der Waals surface area contributed by atoms with Gasteiger partial charge >= 0.3 is 6.01 Å². The largest absolute Gasteiger partial charge is 0.406 e. The molecule has 1 heterocycles. The summed E-state index contributed by atoms with van der Waals surface area (Å²) in [4.78, 5) is 11.4. The van der Waals surface area contributed by atoms with Crippen molar-refractivity contribution in [3.8, 4) is 0 Å². The molecule has 1 saturated carbocycles. The summed E-state index contributed by atoms with van der Waals surface area (Å²) in [7, 11) is 0. The zero-order valence-corrected chi connectivity index (χ0v) is 7.86. The van der Waals surface area contributed by atoms with Crippen LogP contribution in [0.2, 0.25) is 0 Å². The highest BCUT2D eigenvalue weighted by atomic mass is 16.4. The first kappa shape index (κ1) is 8.98. The number of nitrogens with two attached hydrogens (primary N) is 1. The summed E-state index contributed by atoms with van der Waals surface area (Å²) in [5.74, 6) is 1.05. The fraction of sp³-hybridized carbons (Fsp3) is 0.625. The summed E-state index contributed by atoms with van der Waals surface area (Å²) in [5.41, 5.74) is 5.23. The van der Waals surface area contributed by atoms with E-state index in [1.165, 1.54) is 0 Å². The lowest BCUT2D eigenvalue weighted by molar-refractivity contribution is -0.122. The highest BCUT2D eigenvalue weighted by molar-refractivity contribution is 5.81. The van der Waals surface area contributed by atoms with Crippen molar-refractivity contribution in [3.63, 3.8) is 0 Å². The lowest BCUT2D eigenvalue weighted by Gasteiger charge is -1.99. The molecule has 3 N–H and O–H groups in total. The SMILES string of the molecule is C[C@H]1C[C@@H]1C(=O)NCc1nnc(N)o1. The van der Waals surface area contributed by atoms with Crippen molar-refractivity contribution in [2.45, 2.75) is 19.9 Å². The Morgan fingerprint density at radius 2 is 2.43 bits per heavy atom. The fourth-order valence-corrected chi connectivity index (χ4v) is 1.32. The maximum Gasteiger partial charge on any atom is 0.312 e. The summed E-state index contributed by atoms with van der Waals surface area (Å²) in [6.07, 6.45) is 0.970. The van der Waals surface area contributed by atoms with Crippen LogP contribution < -0.4 is 11.1 Å². The lowest BCUT2D eigenvalue weighted by Crippen LogP contribution is -2.24. The smallest absolute Gasteiger partial charge is 0.312 e. The normalized spacial score (nSPS) is 24.6. The topological polar surface area (TPSA) is 94.0 Å². The van der Waals surface area contributed by atoms with Crippen molar-refractivity contribution in [1.82, 2.24) is 15.5 Å². The first-order valence-corrected chi connectivity index (χ1v) is 4.52. The number of rotatable bonds is 3. The van der Waals surface area contributed by atoms with Crippen LogP contribution in [0.1, 0.15) is 19.2 Å². The van der Waals surface area contributed by atoms with Gasteiger partial charge in [0, 0.05) is 5.92 Å². The Balaban J connectivity index is 1.80. The molecule has 6 heteroatoms. The van der Waals surface area contributed by atoms with Gasteiger partial charge in [0.2, 0.25) is 11.8 Å². The second-order valence-electron chi connectivity index (χ2n) is 3.57. The molecule has 1 aliphatic carbocycles. The van der Waals surface area contributed by atoms with Crippen molar-refractivity contribution < 1.29 is 9.21 Å². The van der Waals surface area contributed by atoms with Crippen LogP contribution in [-0.2, 0) is 11.3 Å². The zero-order valence-electron chi connectivity index (χ0n) is 7.86. The van der Waals surface area contributed by atoms with Gasteiger partial charge in [-0.15, -0.1) is 5.10 Å². The van der Waals surface area contributed by atoms with Crippen molar-refractivity contribution in [3.05, 3.63) is 5.89 Å². The van der Waals surface area contributed by atoms with Gasteiger partial charge in [0.15, 0.2) is 0 Å². The summed E-state index contributed by atoms with van der Waals surface area (Å²) >= 11 is 0. The maximum absolute atomic E-state index is 11.4. The van der Waals surface area contributed by atoms with Gasteiger partial charge in [-0.05, 0) is 12.3 Å². The van der Waals surface area contributed by atoms with Crippen molar-refractivity contribution in [2.24, 2.45) is 11.8 Å². The second kappa shape index (κ2) is 3.28. The van der Waals surface area contributed by atoms with Crippen LogP contribution in [-0.4, -0.2) is 16.1 Å². The molecule has 0 bridgehead atoms. The highest BCUT2D eigenvalue weighted by Gasteiger charge is 2.38. The van der Waals surface area contributed by atoms with Crippen LogP contribution >= 0.6 is 0 Å². The van der Waals surface area contributed by atoms with Crippen molar-refractivity contribution in [1.29, 1.82) is 0 Å². The third-order valence-electron chi connectivity index (χ3n) is 2.34. The minimum absolute atomic E-state index is 0.0223. The van der Waals surface area contributed by atoms with Crippen LogP contribution in [0.15, 0.2) is 4.42 Å². The fourth-order valence-electron chi connectivity index (χ4n) is 1.32. The summed E-state index contributed by atoms with van der Waals surface area (Å²) in [5, 5.41) is 9.82. The van der Waals surface area contributed by atoms with Gasteiger partial charge < -0.3 is 15.5 Å². The van der Waals surface area contributed by atoms with E-state index in [0.717, 1.165) is 6.42 Å². The molecule has 0 aliphatic heterocycles. The van der Waals surface area contributed by atoms with Gasteiger partial charge in [0.05, 0.1) is 6.54 Å². The third-order valence-corrected chi connectivity index (χ3v) is 2.34. The molecule has 1 fully saturated rings. The molecule has 14 heavy (non-hydrogen) atoms. The Morgan fingerprint density at radius 1 is 1.71 bits per heavy atom. The van der Waals surface area contributed by atoms with E-state index in [0.29, 0.717) is 11.8 Å². The van der Waals surface area contributed by atoms with Gasteiger partial charge in [-0.1, -0.05) is 12.0 Å². The van der Waals surface area contributed by atoms with Crippen LogP contribution in [0, 0.1) is 11.8 Å². The molecular weight excluding hydrogens is 184 g/mol. The van der Waals surface area contributed by atoms with Crippen LogP contribution in [0.4, 0.5) is 6.01 Å².